The highest BCUT2D eigenvalue weighted by Gasteiger charge is 2.24. The Morgan fingerprint density at radius 2 is 1.87 bits per heavy atom. The lowest BCUT2D eigenvalue weighted by atomic mass is 9.99. The van der Waals surface area contributed by atoms with Crippen molar-refractivity contribution in [2.24, 2.45) is 5.92 Å². The Balaban J connectivity index is 1.58. The van der Waals surface area contributed by atoms with Crippen LogP contribution >= 0.6 is 0 Å². The molecule has 2 amide bonds. The number of aromatic nitrogens is 3. The van der Waals surface area contributed by atoms with Crippen LogP contribution in [-0.4, -0.2) is 44.3 Å². The summed E-state index contributed by atoms with van der Waals surface area (Å²) in [6.45, 7) is 5.93. The Hall–Kier alpha value is -3.22. The second-order valence-electron chi connectivity index (χ2n) is 8.02. The normalized spacial score (nSPS) is 15.9. The minimum Gasteiger partial charge on any atom is -0.341 e. The molecule has 3 heterocycles. The van der Waals surface area contributed by atoms with Crippen LogP contribution in [0.2, 0.25) is 0 Å². The van der Waals surface area contributed by atoms with Crippen LogP contribution in [0.25, 0.3) is 11.0 Å². The highest BCUT2D eigenvalue weighted by Crippen LogP contribution is 2.22. The third kappa shape index (κ3) is 4.20. The molecule has 156 valence electrons. The summed E-state index contributed by atoms with van der Waals surface area (Å²) in [5.74, 6) is 1.16. The third-order valence-electron chi connectivity index (χ3n) is 5.75. The van der Waals surface area contributed by atoms with Crippen molar-refractivity contribution in [3.63, 3.8) is 0 Å². The van der Waals surface area contributed by atoms with Crippen LogP contribution in [0.1, 0.15) is 49.0 Å². The molecule has 0 aliphatic carbocycles. The van der Waals surface area contributed by atoms with Gasteiger partial charge in [0.1, 0.15) is 18.1 Å². The zero-order chi connectivity index (χ0) is 21.1. The lowest BCUT2D eigenvalue weighted by molar-refractivity contribution is -0.133. The number of benzene rings is 1. The number of pyridine rings is 1. The van der Waals surface area contributed by atoms with Crippen molar-refractivity contribution in [1.82, 2.24) is 24.8 Å². The molecular formula is C23H27N5O2. The van der Waals surface area contributed by atoms with E-state index in [1.54, 1.807) is 24.4 Å². The fraction of sp³-hybridized carbons (Fsp3) is 0.391. The van der Waals surface area contributed by atoms with Crippen LogP contribution in [0.4, 0.5) is 0 Å². The number of carbonyl (C=O) groups excluding carboxylic acids is 2. The smallest absolute Gasteiger partial charge is 0.270 e. The molecule has 1 aliphatic rings. The lowest BCUT2D eigenvalue weighted by Gasteiger charge is -2.30. The average molecular weight is 406 g/mol. The first-order valence-electron chi connectivity index (χ1n) is 10.5. The van der Waals surface area contributed by atoms with E-state index in [2.05, 4.69) is 17.2 Å². The summed E-state index contributed by atoms with van der Waals surface area (Å²) in [7, 11) is 0. The maximum atomic E-state index is 13.0. The fourth-order valence-corrected chi connectivity index (χ4v) is 3.92. The summed E-state index contributed by atoms with van der Waals surface area (Å²) in [5.41, 5.74) is 2.06. The Morgan fingerprint density at radius 1 is 1.13 bits per heavy atom. The summed E-state index contributed by atoms with van der Waals surface area (Å²) in [5, 5.41) is 2.96. The predicted octanol–water partition coefficient (Wildman–Crippen LogP) is 3.18. The monoisotopic (exact) mass is 405 g/mol. The van der Waals surface area contributed by atoms with Gasteiger partial charge in [0.05, 0.1) is 17.1 Å². The summed E-state index contributed by atoms with van der Waals surface area (Å²) >= 11 is 0. The van der Waals surface area contributed by atoms with Crippen molar-refractivity contribution in [2.75, 3.05) is 13.1 Å². The number of amides is 2. The van der Waals surface area contributed by atoms with Gasteiger partial charge in [0, 0.05) is 19.3 Å². The van der Waals surface area contributed by atoms with Gasteiger partial charge in [0.2, 0.25) is 5.91 Å². The van der Waals surface area contributed by atoms with Gasteiger partial charge in [0.25, 0.3) is 5.91 Å². The van der Waals surface area contributed by atoms with Crippen molar-refractivity contribution in [3.05, 3.63) is 60.2 Å². The van der Waals surface area contributed by atoms with Gasteiger partial charge in [-0.2, -0.15) is 0 Å². The Labute approximate surface area is 176 Å². The van der Waals surface area contributed by atoms with Crippen LogP contribution in [0, 0.1) is 5.92 Å². The first-order valence-corrected chi connectivity index (χ1v) is 10.5. The number of rotatable bonds is 5. The van der Waals surface area contributed by atoms with Crippen molar-refractivity contribution in [1.29, 1.82) is 0 Å². The topological polar surface area (TPSA) is 80.1 Å². The van der Waals surface area contributed by atoms with E-state index < -0.39 is 0 Å². The molecule has 2 aromatic heterocycles. The number of para-hydroxylation sites is 2. The van der Waals surface area contributed by atoms with Gasteiger partial charge >= 0.3 is 0 Å². The minimum atomic E-state index is -0.374. The average Bonchev–Trinajstić information content (AvgIpc) is 3.13. The maximum absolute atomic E-state index is 13.0. The molecule has 0 bridgehead atoms. The minimum absolute atomic E-state index is 0.0922. The number of hydrogen-bond donors (Lipinski definition) is 1. The van der Waals surface area contributed by atoms with E-state index in [4.69, 9.17) is 4.98 Å². The van der Waals surface area contributed by atoms with Crippen LogP contribution in [0.5, 0.6) is 0 Å². The van der Waals surface area contributed by atoms with E-state index >= 15 is 0 Å². The summed E-state index contributed by atoms with van der Waals surface area (Å²) in [4.78, 5) is 36.4. The lowest BCUT2D eigenvalue weighted by Crippen LogP contribution is -2.40. The zero-order valence-electron chi connectivity index (χ0n) is 17.4. The molecular weight excluding hydrogens is 378 g/mol. The van der Waals surface area contributed by atoms with Gasteiger partial charge in [0.15, 0.2) is 0 Å². The first kappa shape index (κ1) is 20.1. The molecule has 1 aliphatic heterocycles. The van der Waals surface area contributed by atoms with Crippen LogP contribution < -0.4 is 5.32 Å². The number of likely N-dealkylation sites (tertiary alicyclic amines) is 1. The van der Waals surface area contributed by atoms with Gasteiger partial charge < -0.3 is 14.8 Å². The summed E-state index contributed by atoms with van der Waals surface area (Å²) in [6.07, 6.45) is 3.67. The van der Waals surface area contributed by atoms with Gasteiger partial charge in [-0.3, -0.25) is 14.6 Å². The quantitative estimate of drug-likeness (QED) is 0.707. The fourth-order valence-electron chi connectivity index (χ4n) is 3.92. The van der Waals surface area contributed by atoms with E-state index in [9.17, 15) is 9.59 Å². The number of fused-ring (bicyclic) bond motifs is 1. The van der Waals surface area contributed by atoms with Crippen molar-refractivity contribution in [2.45, 2.75) is 39.3 Å². The standard InChI is InChI=1S/C23H27N5O2/c1-16-10-13-27(14-11-16)21(29)15-28-20-9-4-3-7-18(20)26-22(28)17(2)25-23(30)19-8-5-6-12-24-19/h3-9,12,16-17H,10-11,13-15H2,1-2H3,(H,25,30). The van der Waals surface area contributed by atoms with Crippen molar-refractivity contribution in [3.8, 4) is 0 Å². The molecule has 1 unspecified atom stereocenters. The number of nitrogens with one attached hydrogen (secondary N) is 1. The molecule has 7 nitrogen and oxygen atoms in total. The highest BCUT2D eigenvalue weighted by molar-refractivity contribution is 5.92. The van der Waals surface area contributed by atoms with E-state index in [0.29, 0.717) is 17.4 Å². The Morgan fingerprint density at radius 3 is 2.60 bits per heavy atom. The molecule has 1 atom stereocenters. The largest absolute Gasteiger partial charge is 0.341 e. The molecule has 4 rings (SSSR count). The van der Waals surface area contributed by atoms with Crippen LogP contribution in [-0.2, 0) is 11.3 Å². The molecule has 7 heteroatoms. The second kappa shape index (κ2) is 8.65. The number of carbonyl (C=O) groups is 2. The van der Waals surface area contributed by atoms with Gasteiger partial charge in [-0.25, -0.2) is 4.98 Å². The first-order chi connectivity index (χ1) is 14.5. The molecule has 1 aromatic carbocycles. The summed E-state index contributed by atoms with van der Waals surface area (Å²) < 4.78 is 1.93. The number of piperidine rings is 1. The van der Waals surface area contributed by atoms with Crippen LogP contribution in [0.3, 0.4) is 0 Å². The summed E-state index contributed by atoms with van der Waals surface area (Å²) in [6, 6.07) is 12.6. The Kier molecular flexibility index (Phi) is 5.79. The number of nitrogens with zero attached hydrogens (tertiary/aromatic N) is 4. The van der Waals surface area contributed by atoms with E-state index in [0.717, 1.165) is 37.0 Å². The van der Waals surface area contributed by atoms with E-state index in [1.165, 1.54) is 0 Å². The van der Waals surface area contributed by atoms with Gasteiger partial charge in [-0.1, -0.05) is 25.1 Å². The molecule has 0 spiro atoms. The maximum Gasteiger partial charge on any atom is 0.270 e. The molecule has 0 saturated carbocycles. The molecule has 30 heavy (non-hydrogen) atoms. The van der Waals surface area contributed by atoms with Crippen molar-refractivity contribution >= 4 is 22.8 Å². The highest BCUT2D eigenvalue weighted by atomic mass is 16.2. The molecule has 1 fully saturated rings. The number of imidazole rings is 1. The third-order valence-corrected chi connectivity index (χ3v) is 5.75. The second-order valence-corrected chi connectivity index (χ2v) is 8.02. The van der Waals surface area contributed by atoms with Crippen molar-refractivity contribution < 1.29 is 9.59 Å². The zero-order valence-corrected chi connectivity index (χ0v) is 17.4. The SMILES string of the molecule is CC1CCN(C(=O)Cn2c(C(C)NC(=O)c3ccccn3)nc3ccccc32)CC1. The molecule has 0 radical (unpaired) electrons. The predicted molar refractivity (Wildman–Crippen MR) is 115 cm³/mol. The van der Waals surface area contributed by atoms with E-state index in [-0.39, 0.29) is 24.4 Å². The molecule has 3 aromatic rings. The van der Waals surface area contributed by atoms with E-state index in [1.807, 2.05) is 40.7 Å². The van der Waals surface area contributed by atoms with Gasteiger partial charge in [-0.05, 0) is 49.9 Å². The molecule has 1 saturated heterocycles. The van der Waals surface area contributed by atoms with Crippen LogP contribution in [0.15, 0.2) is 48.7 Å². The molecule has 1 N–H and O–H groups in total. The van der Waals surface area contributed by atoms with Gasteiger partial charge in [-0.15, -0.1) is 0 Å². The Bertz CT molecular complexity index is 1040. The number of hydrogen-bond acceptors (Lipinski definition) is 4.